The minimum atomic E-state index is -0.315. The molecule has 1 amide bonds. The van der Waals surface area contributed by atoms with Gasteiger partial charge in [0, 0.05) is 5.56 Å². The Labute approximate surface area is 89.4 Å². The van der Waals surface area contributed by atoms with Gasteiger partial charge < -0.3 is 4.74 Å². The Morgan fingerprint density at radius 3 is 2.87 bits per heavy atom. The van der Waals surface area contributed by atoms with E-state index in [1.165, 1.54) is 0 Å². The average Bonchev–Trinajstić information content (AvgIpc) is 2.25. The lowest BCUT2D eigenvalue weighted by molar-refractivity contribution is 0.0953. The molecular weight excluding hydrogens is 192 g/mol. The van der Waals surface area contributed by atoms with Crippen molar-refractivity contribution in [1.29, 1.82) is 0 Å². The average molecular weight is 208 g/mol. The highest BCUT2D eigenvalue weighted by molar-refractivity contribution is 5.94. The van der Waals surface area contributed by atoms with Gasteiger partial charge in [-0.15, -0.1) is 0 Å². The van der Waals surface area contributed by atoms with Crippen molar-refractivity contribution < 1.29 is 9.53 Å². The molecule has 4 nitrogen and oxygen atoms in total. The summed E-state index contributed by atoms with van der Waals surface area (Å²) in [6.45, 7) is 4.76. The van der Waals surface area contributed by atoms with Crippen LogP contribution in [-0.4, -0.2) is 12.5 Å². The second-order valence-electron chi connectivity index (χ2n) is 3.71. The van der Waals surface area contributed by atoms with Crippen LogP contribution in [0.5, 0.6) is 5.75 Å². The Morgan fingerprint density at radius 2 is 2.27 bits per heavy atom. The Balaban J connectivity index is 2.70. The van der Waals surface area contributed by atoms with E-state index in [4.69, 9.17) is 10.6 Å². The Morgan fingerprint density at radius 1 is 1.53 bits per heavy atom. The number of carbonyl (C=O) groups excluding carboxylic acids is 1. The first kappa shape index (κ1) is 11.5. The van der Waals surface area contributed by atoms with Gasteiger partial charge in [0.1, 0.15) is 5.75 Å². The summed E-state index contributed by atoms with van der Waals surface area (Å²) in [7, 11) is 0. The molecule has 0 atom stereocenters. The van der Waals surface area contributed by atoms with E-state index in [1.807, 2.05) is 6.07 Å². The third-order valence-corrected chi connectivity index (χ3v) is 1.81. The number of nitrogens with one attached hydrogen (secondary N) is 1. The van der Waals surface area contributed by atoms with E-state index in [0.717, 1.165) is 0 Å². The van der Waals surface area contributed by atoms with Crippen molar-refractivity contribution in [1.82, 2.24) is 5.43 Å². The molecule has 1 aromatic rings. The molecule has 0 saturated carbocycles. The molecule has 0 aliphatic rings. The van der Waals surface area contributed by atoms with Crippen LogP contribution in [0.4, 0.5) is 0 Å². The molecule has 1 aromatic carbocycles. The first-order valence-electron chi connectivity index (χ1n) is 4.87. The van der Waals surface area contributed by atoms with Crippen LogP contribution in [0.15, 0.2) is 24.3 Å². The van der Waals surface area contributed by atoms with Crippen molar-refractivity contribution >= 4 is 5.91 Å². The van der Waals surface area contributed by atoms with E-state index >= 15 is 0 Å². The third kappa shape index (κ3) is 3.59. The van der Waals surface area contributed by atoms with Crippen molar-refractivity contribution in [2.45, 2.75) is 13.8 Å². The molecular formula is C11H16N2O2. The number of carbonyl (C=O) groups is 1. The molecule has 0 aliphatic carbocycles. The predicted molar refractivity (Wildman–Crippen MR) is 58.4 cm³/mol. The molecule has 1 rings (SSSR count). The second kappa shape index (κ2) is 5.36. The van der Waals surface area contributed by atoms with Crippen molar-refractivity contribution in [2.75, 3.05) is 6.61 Å². The molecule has 0 aliphatic heterocycles. The summed E-state index contributed by atoms with van der Waals surface area (Å²) in [5.41, 5.74) is 2.58. The van der Waals surface area contributed by atoms with Crippen LogP contribution in [0.1, 0.15) is 24.2 Å². The highest BCUT2D eigenvalue weighted by atomic mass is 16.5. The van der Waals surface area contributed by atoms with Crippen molar-refractivity contribution in [3.8, 4) is 5.75 Å². The van der Waals surface area contributed by atoms with Crippen LogP contribution in [-0.2, 0) is 0 Å². The Bertz CT molecular complexity index is 337. The van der Waals surface area contributed by atoms with Crippen LogP contribution in [0, 0.1) is 5.92 Å². The molecule has 0 saturated heterocycles. The first-order chi connectivity index (χ1) is 7.13. The third-order valence-electron chi connectivity index (χ3n) is 1.81. The molecule has 0 radical (unpaired) electrons. The molecule has 0 bridgehead atoms. The number of benzene rings is 1. The number of ether oxygens (including phenoxy) is 1. The molecule has 3 N–H and O–H groups in total. The fourth-order valence-corrected chi connectivity index (χ4v) is 1.07. The van der Waals surface area contributed by atoms with Crippen LogP contribution in [0.25, 0.3) is 0 Å². The standard InChI is InChI=1S/C11H16N2O2/c1-8(2)7-15-10-5-3-4-9(6-10)11(14)13-12/h3-6,8H,7,12H2,1-2H3,(H,13,14). The molecule has 0 fully saturated rings. The van der Waals surface area contributed by atoms with Gasteiger partial charge in [0.15, 0.2) is 0 Å². The van der Waals surface area contributed by atoms with Gasteiger partial charge >= 0.3 is 0 Å². The summed E-state index contributed by atoms with van der Waals surface area (Å²) in [6, 6.07) is 6.94. The topological polar surface area (TPSA) is 64.3 Å². The van der Waals surface area contributed by atoms with Crippen LogP contribution in [0.3, 0.4) is 0 Å². The van der Waals surface area contributed by atoms with Gasteiger partial charge in [0.2, 0.25) is 0 Å². The van der Waals surface area contributed by atoms with E-state index in [1.54, 1.807) is 18.2 Å². The normalized spacial score (nSPS) is 10.1. The zero-order chi connectivity index (χ0) is 11.3. The zero-order valence-corrected chi connectivity index (χ0v) is 8.99. The maximum Gasteiger partial charge on any atom is 0.265 e. The summed E-state index contributed by atoms with van der Waals surface area (Å²) in [4.78, 5) is 11.2. The van der Waals surface area contributed by atoms with Gasteiger partial charge in [-0.1, -0.05) is 19.9 Å². The first-order valence-corrected chi connectivity index (χ1v) is 4.87. The largest absolute Gasteiger partial charge is 0.493 e. The molecule has 15 heavy (non-hydrogen) atoms. The Hall–Kier alpha value is -1.55. The molecule has 0 unspecified atom stereocenters. The lowest BCUT2D eigenvalue weighted by Gasteiger charge is -2.09. The summed E-state index contributed by atoms with van der Waals surface area (Å²) in [5, 5.41) is 0. The van der Waals surface area contributed by atoms with E-state index < -0.39 is 0 Å². The molecule has 4 heteroatoms. The molecule has 82 valence electrons. The number of nitrogen functional groups attached to an aromatic ring is 1. The van der Waals surface area contributed by atoms with Gasteiger partial charge in [0.05, 0.1) is 6.61 Å². The number of hydrazine groups is 1. The fraction of sp³-hybridized carbons (Fsp3) is 0.364. The summed E-state index contributed by atoms with van der Waals surface area (Å²) < 4.78 is 5.48. The van der Waals surface area contributed by atoms with E-state index in [9.17, 15) is 4.79 Å². The number of rotatable bonds is 4. The second-order valence-corrected chi connectivity index (χ2v) is 3.71. The monoisotopic (exact) mass is 208 g/mol. The highest BCUT2D eigenvalue weighted by Gasteiger charge is 2.04. The van der Waals surface area contributed by atoms with E-state index in [-0.39, 0.29) is 5.91 Å². The zero-order valence-electron chi connectivity index (χ0n) is 8.99. The van der Waals surface area contributed by atoms with Gasteiger partial charge in [-0.3, -0.25) is 10.2 Å². The van der Waals surface area contributed by atoms with Crippen LogP contribution >= 0.6 is 0 Å². The van der Waals surface area contributed by atoms with Gasteiger partial charge in [-0.05, 0) is 24.1 Å². The smallest absolute Gasteiger partial charge is 0.265 e. The van der Waals surface area contributed by atoms with Crippen molar-refractivity contribution in [2.24, 2.45) is 11.8 Å². The molecule has 0 heterocycles. The molecule has 0 aromatic heterocycles. The minimum absolute atomic E-state index is 0.315. The fourth-order valence-electron chi connectivity index (χ4n) is 1.07. The SMILES string of the molecule is CC(C)COc1cccc(C(=O)NN)c1. The van der Waals surface area contributed by atoms with Gasteiger partial charge in [0.25, 0.3) is 5.91 Å². The maximum atomic E-state index is 11.2. The lowest BCUT2D eigenvalue weighted by Crippen LogP contribution is -2.29. The van der Waals surface area contributed by atoms with Crippen LogP contribution < -0.4 is 16.0 Å². The predicted octanol–water partition coefficient (Wildman–Crippen LogP) is 1.32. The van der Waals surface area contributed by atoms with Gasteiger partial charge in [-0.2, -0.15) is 0 Å². The number of hydrogen-bond donors (Lipinski definition) is 2. The summed E-state index contributed by atoms with van der Waals surface area (Å²) in [5.74, 6) is 5.86. The minimum Gasteiger partial charge on any atom is -0.493 e. The summed E-state index contributed by atoms with van der Waals surface area (Å²) in [6.07, 6.45) is 0. The molecule has 0 spiro atoms. The van der Waals surface area contributed by atoms with Crippen molar-refractivity contribution in [3.63, 3.8) is 0 Å². The Kier molecular flexibility index (Phi) is 4.12. The van der Waals surface area contributed by atoms with E-state index in [0.29, 0.717) is 23.8 Å². The van der Waals surface area contributed by atoms with E-state index in [2.05, 4.69) is 19.3 Å². The highest BCUT2D eigenvalue weighted by Crippen LogP contribution is 2.14. The number of amides is 1. The number of nitrogens with two attached hydrogens (primary N) is 1. The van der Waals surface area contributed by atoms with Crippen LogP contribution in [0.2, 0.25) is 0 Å². The summed E-state index contributed by atoms with van der Waals surface area (Å²) >= 11 is 0. The maximum absolute atomic E-state index is 11.2. The van der Waals surface area contributed by atoms with Crippen molar-refractivity contribution in [3.05, 3.63) is 29.8 Å². The lowest BCUT2D eigenvalue weighted by atomic mass is 10.2. The van der Waals surface area contributed by atoms with Gasteiger partial charge in [-0.25, -0.2) is 5.84 Å². The quantitative estimate of drug-likeness (QED) is 0.445. The number of hydrogen-bond acceptors (Lipinski definition) is 3.